The van der Waals surface area contributed by atoms with Crippen molar-refractivity contribution < 1.29 is 13.7 Å². The average molecular weight is 1790 g/mol. The maximum Gasteiger partial charge on any atom is 0.179 e. The van der Waals surface area contributed by atoms with Crippen molar-refractivity contribution in [3.8, 4) is 72.3 Å². The summed E-state index contributed by atoms with van der Waals surface area (Å²) in [5.74, 6) is 2.67. The molecule has 0 bridgehead atoms. The molecule has 6 aromatic heterocycles. The fourth-order valence-electron chi connectivity index (χ4n) is 20.4. The van der Waals surface area contributed by atoms with Crippen LogP contribution in [0.4, 0.5) is 0 Å². The topological polar surface area (TPSA) is 143 Å². The minimum atomic E-state index is -3.21. The highest BCUT2D eigenvalue weighted by Gasteiger charge is 2.45. The number of pyridine rings is 2. The van der Waals surface area contributed by atoms with Crippen LogP contribution < -0.4 is 68.5 Å². The van der Waals surface area contributed by atoms with E-state index in [0.717, 1.165) is 198 Å². The summed E-state index contributed by atoms with van der Waals surface area (Å²) in [7, 11) is -12.2. The molecule has 12 nitrogen and oxygen atoms in total. The first-order valence-corrected chi connectivity index (χ1v) is 52.1. The number of hydrogen-bond acceptors (Lipinski definition) is 10. The van der Waals surface area contributed by atoms with E-state index in [-0.39, 0.29) is 0 Å². The fraction of sp³-hybridized carbons (Fsp3) is 0.0261. The summed E-state index contributed by atoms with van der Waals surface area (Å²) in [4.78, 5) is 29.0. The molecule has 26 rings (SSSR count). The second kappa shape index (κ2) is 31.9. The number of imidazole rings is 3. The van der Waals surface area contributed by atoms with Crippen molar-refractivity contribution in [1.82, 2.24) is 43.6 Å². The van der Waals surface area contributed by atoms with Gasteiger partial charge in [-0.25, -0.2) is 24.9 Å². The first-order valence-electron chi connectivity index (χ1n) is 44.2. The average Bonchev–Trinajstić information content (AvgIpc) is 1.48. The summed E-state index contributed by atoms with van der Waals surface area (Å²) in [5.41, 5.74) is 20.4. The van der Waals surface area contributed by atoms with Crippen molar-refractivity contribution in [2.45, 2.75) is 20.8 Å². The quantitative estimate of drug-likeness (QED) is 0.0505. The Hall–Kier alpha value is -15.2. The van der Waals surface area contributed by atoms with Gasteiger partial charge < -0.3 is 13.7 Å². The Morgan fingerprint density at radius 2 is 0.591 bits per heavy atom. The molecule has 3 unspecified atom stereocenters. The van der Waals surface area contributed by atoms with Crippen LogP contribution in [0, 0.1) is 20.8 Å². The molecule has 132 heavy (non-hydrogen) atoms. The van der Waals surface area contributed by atoms with E-state index in [4.69, 9.17) is 24.9 Å². The summed E-state index contributed by atoms with van der Waals surface area (Å²) < 4.78 is 54.2. The van der Waals surface area contributed by atoms with Crippen LogP contribution in [0.5, 0.6) is 0 Å². The lowest BCUT2D eigenvalue weighted by atomic mass is 10.0. The smallest absolute Gasteiger partial charge is 0.179 e. The Morgan fingerprint density at radius 1 is 0.258 bits per heavy atom. The molecular formula is C115H80N9O3P3SSi. The third-order valence-corrected chi connectivity index (χ3v) is 41.7. The van der Waals surface area contributed by atoms with Gasteiger partial charge in [0, 0.05) is 75.8 Å². The lowest BCUT2D eigenvalue weighted by molar-refractivity contribution is 0.591. The van der Waals surface area contributed by atoms with E-state index < -0.39 is 29.5 Å². The summed E-state index contributed by atoms with van der Waals surface area (Å²) in [5, 5.41) is 16.1. The van der Waals surface area contributed by atoms with Crippen LogP contribution in [0.3, 0.4) is 0 Å². The van der Waals surface area contributed by atoms with Crippen LogP contribution >= 0.6 is 32.8 Å². The fourth-order valence-corrected chi connectivity index (χ4v) is 35.2. The molecule has 17 aromatic carbocycles. The summed E-state index contributed by atoms with van der Waals surface area (Å²) in [6, 6.07) is 147. The molecule has 3 aliphatic heterocycles. The van der Waals surface area contributed by atoms with Gasteiger partial charge in [0.05, 0.1) is 77.1 Å². The number of para-hydroxylation sites is 4. The zero-order valence-electron chi connectivity index (χ0n) is 72.0. The molecule has 3 atom stereocenters. The lowest BCUT2D eigenvalue weighted by Crippen LogP contribution is -2.74. The standard InChI is InChI=1S/C44H33N2OPSi.C38H25N4OP.C33H22N3OPS/c1-32-45-40-23-14-24-42-44(40)46(32)41-30-27-34(31-43(41)48(42,47)35-15-6-2-7-16-35)33-25-28-39(29-26-33)49(36-17-8-3-9-18-36,37-19-10-4-11-20-37)38-21-12-5-13-22-38;1-24-40-32-10-5-11-34-38(32)42(24)33-21-19-29(23-35(33)44(34,43)30-8-3-2-4-9-30)25-12-14-26(15-13-25)31-20-18-28-17-16-27-7-6-22-39-36(27)37(28)41-31;1-21-34-27-11-7-12-29-32(27)36(21)28-19-18-24(20-30(28)38(29,37)25-8-3-2-4-9-25)22-14-16-23(17-15-22)33-35-26-10-5-6-13-31(26)39-33/h2-31H,1H3;2-23H,1H3;2-20H,1H3. The zero-order chi connectivity index (χ0) is 88.6. The number of nitrogens with zero attached hydrogens (tertiary/aromatic N) is 9. The second-order valence-electron chi connectivity index (χ2n) is 33.8. The van der Waals surface area contributed by atoms with Crippen LogP contribution in [0.15, 0.2) is 431 Å². The first kappa shape index (κ1) is 80.1. The zero-order valence-corrected chi connectivity index (χ0v) is 76.5. The Kier molecular flexibility index (Phi) is 19.3. The Bertz CT molecular complexity index is 8590. The van der Waals surface area contributed by atoms with Crippen LogP contribution in [-0.4, -0.2) is 51.7 Å². The first-order chi connectivity index (χ1) is 64.8. The highest BCUT2D eigenvalue weighted by atomic mass is 32.1. The second-order valence-corrected chi connectivity index (χ2v) is 46.8. The van der Waals surface area contributed by atoms with Crippen LogP contribution in [0.2, 0.25) is 0 Å². The van der Waals surface area contributed by atoms with E-state index in [9.17, 15) is 0 Å². The molecule has 0 N–H and O–H groups in total. The van der Waals surface area contributed by atoms with Crippen molar-refractivity contribution in [1.29, 1.82) is 0 Å². The van der Waals surface area contributed by atoms with Crippen molar-refractivity contribution >= 4 is 174 Å². The van der Waals surface area contributed by atoms with E-state index in [1.54, 1.807) is 11.3 Å². The number of aryl methyl sites for hydroxylation is 3. The van der Waals surface area contributed by atoms with Gasteiger partial charge in [0.25, 0.3) is 0 Å². The highest BCUT2D eigenvalue weighted by molar-refractivity contribution is 7.87. The third-order valence-electron chi connectivity index (χ3n) is 26.5. The van der Waals surface area contributed by atoms with E-state index in [1.807, 2.05) is 191 Å². The van der Waals surface area contributed by atoms with Gasteiger partial charge in [-0.15, -0.1) is 11.3 Å². The maximum absolute atomic E-state index is 15.7. The van der Waals surface area contributed by atoms with Gasteiger partial charge in [-0.3, -0.25) is 18.7 Å². The van der Waals surface area contributed by atoms with Gasteiger partial charge in [-0.05, 0) is 172 Å². The monoisotopic (exact) mass is 1790 g/mol. The Balaban J connectivity index is 0.000000110. The Morgan fingerprint density at radius 3 is 1.00 bits per heavy atom. The minimum absolute atomic E-state index is 0.829. The van der Waals surface area contributed by atoms with Crippen LogP contribution in [-0.2, 0) is 13.7 Å². The summed E-state index contributed by atoms with van der Waals surface area (Å²) >= 11 is 1.70. The van der Waals surface area contributed by atoms with Gasteiger partial charge >= 0.3 is 0 Å². The van der Waals surface area contributed by atoms with Crippen molar-refractivity contribution in [2.75, 3.05) is 0 Å². The molecular weight excluding hydrogens is 1710 g/mol. The normalized spacial score (nSPS) is 15.6. The summed E-state index contributed by atoms with van der Waals surface area (Å²) in [6.07, 6.45) is 1.81. The number of rotatable bonds is 12. The molecule has 0 fully saturated rings. The van der Waals surface area contributed by atoms with Gasteiger partial charge in [-0.1, -0.05) is 328 Å². The lowest BCUT2D eigenvalue weighted by Gasteiger charge is -2.34. The van der Waals surface area contributed by atoms with E-state index >= 15 is 13.7 Å². The van der Waals surface area contributed by atoms with Gasteiger partial charge in [0.2, 0.25) is 0 Å². The molecule has 0 saturated carbocycles. The molecule has 0 radical (unpaired) electrons. The number of aromatic nitrogens is 9. The Labute approximate surface area is 767 Å². The van der Waals surface area contributed by atoms with Crippen LogP contribution in [0.25, 0.3) is 137 Å². The summed E-state index contributed by atoms with van der Waals surface area (Å²) in [6.45, 7) is 6.06. The molecule has 628 valence electrons. The predicted octanol–water partition coefficient (Wildman–Crippen LogP) is 21.3. The van der Waals surface area contributed by atoms with Gasteiger partial charge in [-0.2, -0.15) is 0 Å². The van der Waals surface area contributed by atoms with Gasteiger partial charge in [0.15, 0.2) is 29.5 Å². The van der Waals surface area contributed by atoms with Crippen molar-refractivity contribution in [2.24, 2.45) is 0 Å². The molecule has 0 amide bonds. The SMILES string of the molecule is Cc1nc2cccc3c2n1-c1ccc(-c2ccc(-c4ccc5ccc6cccnc6c5n4)cc2)cc1P3(=O)c1ccccc1.Cc1nc2cccc3c2n1-c1ccc(-c2ccc(-c4nc5ccccc5s4)cc2)cc1P3(=O)c1ccccc1.Cc1nc2cccc3c2n1-c1ccc(-c2ccc([Si](c4ccccc4)(c4ccccc4)c4ccccc4)cc2)cc1P3(=O)c1ccccc1. The third kappa shape index (κ3) is 12.7. The molecule has 17 heteroatoms. The minimum Gasteiger partial charge on any atom is -0.308 e. The molecule has 0 saturated heterocycles. The number of benzene rings is 17. The van der Waals surface area contributed by atoms with Crippen molar-refractivity contribution in [3.63, 3.8) is 0 Å². The molecule has 3 aliphatic rings. The highest BCUT2D eigenvalue weighted by Crippen LogP contribution is 2.54. The van der Waals surface area contributed by atoms with E-state index in [1.165, 1.54) is 25.4 Å². The number of fused-ring (bicyclic) bond motifs is 10. The molecule has 0 spiro atoms. The van der Waals surface area contributed by atoms with Crippen molar-refractivity contribution in [3.05, 3.63) is 448 Å². The number of thiazole rings is 1. The number of hydrogen-bond donors (Lipinski definition) is 0. The largest absolute Gasteiger partial charge is 0.308 e. The predicted molar refractivity (Wildman–Crippen MR) is 551 cm³/mol. The van der Waals surface area contributed by atoms with Crippen LogP contribution in [0.1, 0.15) is 17.5 Å². The molecule has 23 aromatic rings. The van der Waals surface area contributed by atoms with E-state index in [2.05, 4.69) is 280 Å². The van der Waals surface area contributed by atoms with E-state index in [0.29, 0.717) is 0 Å². The molecule has 9 heterocycles. The molecule has 0 aliphatic carbocycles. The van der Waals surface area contributed by atoms with Gasteiger partial charge in [0.1, 0.15) is 22.5 Å². The maximum atomic E-state index is 15.7.